The molecule has 0 bridgehead atoms. The lowest BCUT2D eigenvalue weighted by molar-refractivity contribution is 0.401. The third-order valence-corrected chi connectivity index (χ3v) is 2.54. The molecule has 0 aliphatic carbocycles. The van der Waals surface area contributed by atoms with Gasteiger partial charge in [-0.05, 0) is 20.4 Å². The van der Waals surface area contributed by atoms with Crippen molar-refractivity contribution in [3.05, 3.63) is 0 Å². The summed E-state index contributed by atoms with van der Waals surface area (Å²) >= 11 is 1.91. The van der Waals surface area contributed by atoms with E-state index in [4.69, 9.17) is 0 Å². The highest BCUT2D eigenvalue weighted by molar-refractivity contribution is 7.99. The normalized spacial score (nSPS) is 13.9. The molecule has 11 heavy (non-hydrogen) atoms. The lowest BCUT2D eigenvalue weighted by Crippen LogP contribution is -2.30. The van der Waals surface area contributed by atoms with Crippen molar-refractivity contribution in [2.45, 2.75) is 12.2 Å². The van der Waals surface area contributed by atoms with Gasteiger partial charge in [0.2, 0.25) is 0 Å². The monoisotopic (exact) mass is 176 g/mol. The van der Waals surface area contributed by atoms with Crippen molar-refractivity contribution in [3.63, 3.8) is 0 Å². The molecule has 68 valence electrons. The smallest absolute Gasteiger partial charge is 0.0141 e. The number of hydrogen-bond acceptors (Lipinski definition) is 3. The molecule has 3 heteroatoms. The second-order valence-electron chi connectivity index (χ2n) is 3.05. The molecule has 0 saturated heterocycles. The lowest BCUT2D eigenvalue weighted by atomic mass is 10.4. The number of hydrogen-bond donors (Lipinski definition) is 1. The van der Waals surface area contributed by atoms with Gasteiger partial charge in [0.25, 0.3) is 0 Å². The Kier molecular flexibility index (Phi) is 7.12. The van der Waals surface area contributed by atoms with Gasteiger partial charge in [0.15, 0.2) is 0 Å². The minimum atomic E-state index is 0.733. The summed E-state index contributed by atoms with van der Waals surface area (Å²) in [5, 5.41) is 4.14. The van der Waals surface area contributed by atoms with Gasteiger partial charge in [0, 0.05) is 24.9 Å². The van der Waals surface area contributed by atoms with Crippen molar-refractivity contribution < 1.29 is 0 Å². The molecule has 1 atom stereocenters. The summed E-state index contributed by atoms with van der Waals surface area (Å²) in [7, 11) is 4.19. The number of thioether (sulfide) groups is 1. The maximum atomic E-state index is 3.40. The van der Waals surface area contributed by atoms with Crippen molar-refractivity contribution in [3.8, 4) is 0 Å². The van der Waals surface area contributed by atoms with Crippen molar-refractivity contribution in [1.29, 1.82) is 0 Å². The zero-order chi connectivity index (χ0) is 8.69. The fourth-order valence-electron chi connectivity index (χ4n) is 0.691. The summed E-state index contributed by atoms with van der Waals surface area (Å²) in [6.07, 6.45) is 2.15. The largest absolute Gasteiger partial charge is 0.314 e. The van der Waals surface area contributed by atoms with Gasteiger partial charge in [-0.3, -0.25) is 0 Å². The molecule has 1 N–H and O–H groups in total. The van der Waals surface area contributed by atoms with E-state index in [0.29, 0.717) is 0 Å². The molecule has 0 aromatic carbocycles. The maximum absolute atomic E-state index is 3.40. The quantitative estimate of drug-likeness (QED) is 0.605. The second kappa shape index (κ2) is 6.95. The van der Waals surface area contributed by atoms with E-state index in [1.54, 1.807) is 0 Å². The average molecular weight is 176 g/mol. The summed E-state index contributed by atoms with van der Waals surface area (Å²) in [5.74, 6) is 0. The van der Waals surface area contributed by atoms with Gasteiger partial charge in [0.1, 0.15) is 0 Å². The first-order valence-electron chi connectivity index (χ1n) is 4.05. The first-order chi connectivity index (χ1) is 5.16. The van der Waals surface area contributed by atoms with E-state index >= 15 is 0 Å². The van der Waals surface area contributed by atoms with Gasteiger partial charge < -0.3 is 10.2 Å². The van der Waals surface area contributed by atoms with Crippen LogP contribution in [0.5, 0.6) is 0 Å². The Morgan fingerprint density at radius 1 is 1.45 bits per heavy atom. The average Bonchev–Trinajstić information content (AvgIpc) is 1.97. The zero-order valence-electron chi connectivity index (χ0n) is 8.05. The van der Waals surface area contributed by atoms with Crippen LogP contribution in [0, 0.1) is 0 Å². The predicted molar refractivity (Wildman–Crippen MR) is 54.4 cm³/mol. The van der Waals surface area contributed by atoms with Gasteiger partial charge in [-0.25, -0.2) is 0 Å². The number of likely N-dealkylation sites (N-methyl/N-ethyl adjacent to an activating group) is 1. The van der Waals surface area contributed by atoms with Gasteiger partial charge in [-0.1, -0.05) is 6.92 Å². The Morgan fingerprint density at radius 2 is 2.09 bits per heavy atom. The maximum Gasteiger partial charge on any atom is 0.0141 e. The van der Waals surface area contributed by atoms with Crippen LogP contribution in [0.25, 0.3) is 0 Å². The summed E-state index contributed by atoms with van der Waals surface area (Å²) in [4.78, 5) is 2.19. The molecule has 0 aromatic rings. The van der Waals surface area contributed by atoms with Crippen molar-refractivity contribution in [1.82, 2.24) is 10.2 Å². The van der Waals surface area contributed by atoms with Gasteiger partial charge in [-0.2, -0.15) is 11.8 Å². The highest BCUT2D eigenvalue weighted by Crippen LogP contribution is 2.01. The fourth-order valence-corrected chi connectivity index (χ4v) is 0.976. The Labute approximate surface area is 74.7 Å². The third kappa shape index (κ3) is 8.17. The van der Waals surface area contributed by atoms with Crippen molar-refractivity contribution in [2.75, 3.05) is 40.0 Å². The Bertz CT molecular complexity index is 86.2. The molecule has 0 amide bonds. The first kappa shape index (κ1) is 11.3. The van der Waals surface area contributed by atoms with Crippen LogP contribution in [0.2, 0.25) is 0 Å². The molecular weight excluding hydrogens is 156 g/mol. The molecule has 0 aliphatic rings. The molecule has 0 spiro atoms. The molecule has 1 unspecified atom stereocenters. The summed E-state index contributed by atoms with van der Waals surface area (Å²) in [6, 6.07) is 0. The van der Waals surface area contributed by atoms with E-state index in [1.807, 2.05) is 11.8 Å². The highest BCUT2D eigenvalue weighted by atomic mass is 32.2. The summed E-state index contributed by atoms with van der Waals surface area (Å²) in [5.41, 5.74) is 0. The van der Waals surface area contributed by atoms with Crippen LogP contribution in [0.3, 0.4) is 0 Å². The summed E-state index contributed by atoms with van der Waals surface area (Å²) < 4.78 is 0. The first-order valence-corrected chi connectivity index (χ1v) is 5.34. The van der Waals surface area contributed by atoms with Crippen LogP contribution >= 0.6 is 11.8 Å². The van der Waals surface area contributed by atoms with Gasteiger partial charge >= 0.3 is 0 Å². The van der Waals surface area contributed by atoms with Gasteiger partial charge in [0.05, 0.1) is 0 Å². The molecule has 0 fully saturated rings. The van der Waals surface area contributed by atoms with Crippen LogP contribution in [0.4, 0.5) is 0 Å². The predicted octanol–water partition coefficient (Wildman–Crippen LogP) is 0.889. The van der Waals surface area contributed by atoms with E-state index in [-0.39, 0.29) is 0 Å². The molecule has 0 saturated carbocycles. The molecule has 0 aliphatic heterocycles. The van der Waals surface area contributed by atoms with E-state index < -0.39 is 0 Å². The molecule has 2 nitrogen and oxygen atoms in total. The van der Waals surface area contributed by atoms with Crippen molar-refractivity contribution >= 4 is 11.8 Å². The van der Waals surface area contributed by atoms with Crippen LogP contribution in [0.1, 0.15) is 6.92 Å². The van der Waals surface area contributed by atoms with E-state index in [0.717, 1.165) is 24.9 Å². The second-order valence-corrected chi connectivity index (χ2v) is 4.33. The molecule has 0 aromatic heterocycles. The highest BCUT2D eigenvalue weighted by Gasteiger charge is 1.96. The number of rotatable bonds is 6. The molecular formula is C8H20N2S. The SMILES string of the molecule is CSC(C)CNCCN(C)C. The molecule has 0 heterocycles. The van der Waals surface area contributed by atoms with Crippen molar-refractivity contribution in [2.24, 2.45) is 0 Å². The minimum absolute atomic E-state index is 0.733. The van der Waals surface area contributed by atoms with Crippen LogP contribution in [-0.4, -0.2) is 50.1 Å². The molecule has 0 rings (SSSR count). The lowest BCUT2D eigenvalue weighted by Gasteiger charge is -2.12. The third-order valence-electron chi connectivity index (χ3n) is 1.57. The number of nitrogens with zero attached hydrogens (tertiary/aromatic N) is 1. The van der Waals surface area contributed by atoms with Crippen LogP contribution in [-0.2, 0) is 0 Å². The standard InChI is InChI=1S/C8H20N2S/c1-8(11-4)7-9-5-6-10(2)3/h8-9H,5-7H2,1-4H3. The molecule has 0 radical (unpaired) electrons. The van der Waals surface area contributed by atoms with Crippen LogP contribution in [0.15, 0.2) is 0 Å². The Morgan fingerprint density at radius 3 is 2.55 bits per heavy atom. The summed E-state index contributed by atoms with van der Waals surface area (Å²) in [6.45, 7) is 5.58. The van der Waals surface area contributed by atoms with Crippen LogP contribution < -0.4 is 5.32 Å². The van der Waals surface area contributed by atoms with E-state index in [2.05, 4.69) is 37.5 Å². The fraction of sp³-hybridized carbons (Fsp3) is 1.00. The minimum Gasteiger partial charge on any atom is -0.314 e. The Hall–Kier alpha value is 0.270. The van der Waals surface area contributed by atoms with E-state index in [1.165, 1.54) is 0 Å². The van der Waals surface area contributed by atoms with E-state index in [9.17, 15) is 0 Å². The van der Waals surface area contributed by atoms with Gasteiger partial charge in [-0.15, -0.1) is 0 Å². The number of nitrogens with one attached hydrogen (secondary N) is 1. The zero-order valence-corrected chi connectivity index (χ0v) is 8.87. The topological polar surface area (TPSA) is 15.3 Å². The Balaban J connectivity index is 3.01.